The topological polar surface area (TPSA) is 73.6 Å². The number of carbonyl (C=O) groups excluding carboxylic acids is 1. The van der Waals surface area contributed by atoms with Crippen LogP contribution in [0.4, 0.5) is 5.69 Å². The van der Waals surface area contributed by atoms with Crippen molar-refractivity contribution in [1.29, 1.82) is 0 Å². The molecule has 0 bridgehead atoms. The molecule has 3 N–H and O–H groups in total. The third kappa shape index (κ3) is 4.52. The first-order chi connectivity index (χ1) is 8.17. The van der Waals surface area contributed by atoms with Gasteiger partial charge in [0.2, 0.25) is 5.91 Å². The molecular weight excluding hydrogens is 220 g/mol. The number of hydrogen-bond acceptors (Lipinski definition) is 4. The number of anilines is 1. The van der Waals surface area contributed by atoms with Gasteiger partial charge in [0.15, 0.2) is 0 Å². The lowest BCUT2D eigenvalue weighted by Gasteiger charge is -2.11. The van der Waals surface area contributed by atoms with Crippen molar-refractivity contribution in [2.75, 3.05) is 26.1 Å². The standard InChI is InChI=1S/C12H18N2O3/c1-16-7-9-4-3-5-10(6-9)14-12(15)11(13)8-17-2/h3-6,11H,7-8,13H2,1-2H3,(H,14,15). The Balaban J connectivity index is 2.61. The van der Waals surface area contributed by atoms with Crippen LogP contribution in [0.2, 0.25) is 0 Å². The largest absolute Gasteiger partial charge is 0.383 e. The highest BCUT2D eigenvalue weighted by Crippen LogP contribution is 2.11. The Morgan fingerprint density at radius 2 is 2.18 bits per heavy atom. The summed E-state index contributed by atoms with van der Waals surface area (Å²) >= 11 is 0. The van der Waals surface area contributed by atoms with Crippen molar-refractivity contribution in [3.05, 3.63) is 29.8 Å². The summed E-state index contributed by atoms with van der Waals surface area (Å²) in [5.74, 6) is -0.263. The fraction of sp³-hybridized carbons (Fsp3) is 0.417. The second kappa shape index (κ2) is 7.01. The highest BCUT2D eigenvalue weighted by atomic mass is 16.5. The number of amides is 1. The monoisotopic (exact) mass is 238 g/mol. The molecule has 0 aromatic heterocycles. The molecule has 0 saturated heterocycles. The number of benzene rings is 1. The lowest BCUT2D eigenvalue weighted by molar-refractivity contribution is -0.118. The maximum absolute atomic E-state index is 11.6. The van der Waals surface area contributed by atoms with Gasteiger partial charge in [0.05, 0.1) is 13.2 Å². The summed E-state index contributed by atoms with van der Waals surface area (Å²) in [4.78, 5) is 11.6. The fourth-order valence-electron chi connectivity index (χ4n) is 1.40. The van der Waals surface area contributed by atoms with Gasteiger partial charge in [-0.15, -0.1) is 0 Å². The summed E-state index contributed by atoms with van der Waals surface area (Å²) < 4.78 is 9.84. The fourth-order valence-corrected chi connectivity index (χ4v) is 1.40. The molecule has 0 heterocycles. The van der Waals surface area contributed by atoms with Crippen LogP contribution >= 0.6 is 0 Å². The van der Waals surface area contributed by atoms with E-state index in [2.05, 4.69) is 5.32 Å². The van der Waals surface area contributed by atoms with E-state index in [4.69, 9.17) is 15.2 Å². The summed E-state index contributed by atoms with van der Waals surface area (Å²) in [7, 11) is 3.13. The van der Waals surface area contributed by atoms with E-state index in [1.807, 2.05) is 18.2 Å². The van der Waals surface area contributed by atoms with Crippen molar-refractivity contribution < 1.29 is 14.3 Å². The summed E-state index contributed by atoms with van der Waals surface area (Å²) in [6.07, 6.45) is 0. The van der Waals surface area contributed by atoms with E-state index in [1.54, 1.807) is 13.2 Å². The predicted octanol–water partition coefficient (Wildman–Crippen LogP) is 0.745. The molecule has 1 unspecified atom stereocenters. The molecule has 1 rings (SSSR count). The second-order valence-electron chi connectivity index (χ2n) is 3.68. The first-order valence-corrected chi connectivity index (χ1v) is 5.30. The molecule has 5 heteroatoms. The van der Waals surface area contributed by atoms with Gasteiger partial charge in [-0.1, -0.05) is 12.1 Å². The van der Waals surface area contributed by atoms with Crippen molar-refractivity contribution in [2.24, 2.45) is 5.73 Å². The Morgan fingerprint density at radius 3 is 2.82 bits per heavy atom. The normalized spacial score (nSPS) is 12.2. The third-order valence-electron chi connectivity index (χ3n) is 2.19. The van der Waals surface area contributed by atoms with Gasteiger partial charge in [0.1, 0.15) is 6.04 Å². The number of ether oxygens (including phenoxy) is 2. The lowest BCUT2D eigenvalue weighted by Crippen LogP contribution is -2.39. The zero-order chi connectivity index (χ0) is 12.7. The van der Waals surface area contributed by atoms with Crippen LogP contribution in [-0.2, 0) is 20.9 Å². The molecule has 0 aliphatic carbocycles. The van der Waals surface area contributed by atoms with E-state index < -0.39 is 6.04 Å². The molecule has 17 heavy (non-hydrogen) atoms. The SMILES string of the molecule is COCc1cccc(NC(=O)C(N)COC)c1. The molecule has 0 saturated carbocycles. The average molecular weight is 238 g/mol. The van der Waals surface area contributed by atoms with Gasteiger partial charge in [-0.25, -0.2) is 0 Å². The molecule has 0 radical (unpaired) electrons. The van der Waals surface area contributed by atoms with Gasteiger partial charge in [0, 0.05) is 19.9 Å². The van der Waals surface area contributed by atoms with Crippen molar-refractivity contribution in [1.82, 2.24) is 0 Å². The highest BCUT2D eigenvalue weighted by molar-refractivity contribution is 5.94. The third-order valence-corrected chi connectivity index (χ3v) is 2.19. The second-order valence-corrected chi connectivity index (χ2v) is 3.68. The van der Waals surface area contributed by atoms with Gasteiger partial charge in [-0.2, -0.15) is 0 Å². The van der Waals surface area contributed by atoms with Crippen molar-refractivity contribution in [3.63, 3.8) is 0 Å². The Morgan fingerprint density at radius 1 is 1.41 bits per heavy atom. The van der Waals surface area contributed by atoms with Gasteiger partial charge in [-0.3, -0.25) is 4.79 Å². The van der Waals surface area contributed by atoms with Crippen molar-refractivity contribution in [3.8, 4) is 0 Å². The zero-order valence-corrected chi connectivity index (χ0v) is 10.1. The molecule has 5 nitrogen and oxygen atoms in total. The number of hydrogen-bond donors (Lipinski definition) is 2. The molecule has 0 spiro atoms. The summed E-state index contributed by atoms with van der Waals surface area (Å²) in [5, 5.41) is 2.73. The Labute approximate surface area is 101 Å². The van der Waals surface area contributed by atoms with E-state index in [0.29, 0.717) is 12.3 Å². The predicted molar refractivity (Wildman–Crippen MR) is 65.6 cm³/mol. The van der Waals surface area contributed by atoms with Crippen LogP contribution in [0.15, 0.2) is 24.3 Å². The van der Waals surface area contributed by atoms with Gasteiger partial charge < -0.3 is 20.5 Å². The highest BCUT2D eigenvalue weighted by Gasteiger charge is 2.12. The number of nitrogens with two attached hydrogens (primary N) is 1. The van der Waals surface area contributed by atoms with E-state index in [1.165, 1.54) is 7.11 Å². The molecule has 1 aromatic rings. The van der Waals surface area contributed by atoms with E-state index >= 15 is 0 Å². The van der Waals surface area contributed by atoms with Gasteiger partial charge in [-0.05, 0) is 17.7 Å². The quantitative estimate of drug-likeness (QED) is 0.766. The van der Waals surface area contributed by atoms with Gasteiger partial charge in [0.25, 0.3) is 0 Å². The molecule has 1 aromatic carbocycles. The molecule has 0 aliphatic rings. The molecule has 0 aliphatic heterocycles. The van der Waals surface area contributed by atoms with Crippen LogP contribution < -0.4 is 11.1 Å². The molecule has 0 fully saturated rings. The minimum Gasteiger partial charge on any atom is -0.383 e. The Kier molecular flexibility index (Phi) is 5.62. The maximum Gasteiger partial charge on any atom is 0.243 e. The summed E-state index contributed by atoms with van der Waals surface area (Å²) in [6, 6.07) is 6.77. The Hall–Kier alpha value is -1.43. The number of rotatable bonds is 6. The van der Waals surface area contributed by atoms with E-state index in [-0.39, 0.29) is 12.5 Å². The minimum absolute atomic E-state index is 0.198. The smallest absolute Gasteiger partial charge is 0.243 e. The van der Waals surface area contributed by atoms with Crippen LogP contribution in [0.5, 0.6) is 0 Å². The number of methoxy groups -OCH3 is 2. The number of carbonyl (C=O) groups is 1. The zero-order valence-electron chi connectivity index (χ0n) is 10.1. The van der Waals surface area contributed by atoms with Crippen LogP contribution in [-0.4, -0.2) is 32.8 Å². The first-order valence-electron chi connectivity index (χ1n) is 5.30. The van der Waals surface area contributed by atoms with Crippen LogP contribution in [0.3, 0.4) is 0 Å². The minimum atomic E-state index is -0.661. The lowest BCUT2D eigenvalue weighted by atomic mass is 10.2. The summed E-state index contributed by atoms with van der Waals surface area (Å²) in [5.41, 5.74) is 7.31. The summed E-state index contributed by atoms with van der Waals surface area (Å²) in [6.45, 7) is 0.706. The van der Waals surface area contributed by atoms with Crippen LogP contribution in [0.1, 0.15) is 5.56 Å². The molecule has 1 atom stereocenters. The van der Waals surface area contributed by atoms with Crippen LogP contribution in [0.25, 0.3) is 0 Å². The van der Waals surface area contributed by atoms with Crippen LogP contribution in [0, 0.1) is 0 Å². The maximum atomic E-state index is 11.6. The van der Waals surface area contributed by atoms with Crippen molar-refractivity contribution in [2.45, 2.75) is 12.6 Å². The molecule has 1 amide bonds. The Bertz CT molecular complexity index is 369. The van der Waals surface area contributed by atoms with E-state index in [0.717, 1.165) is 5.56 Å². The first kappa shape index (κ1) is 13.6. The van der Waals surface area contributed by atoms with Crippen molar-refractivity contribution >= 4 is 11.6 Å². The van der Waals surface area contributed by atoms with E-state index in [9.17, 15) is 4.79 Å². The van der Waals surface area contributed by atoms with Gasteiger partial charge >= 0.3 is 0 Å². The molecule has 94 valence electrons. The molecular formula is C12H18N2O3. The average Bonchev–Trinajstić information content (AvgIpc) is 2.30. The number of nitrogens with one attached hydrogen (secondary N) is 1.